The van der Waals surface area contributed by atoms with E-state index in [0.717, 1.165) is 69.5 Å². The summed E-state index contributed by atoms with van der Waals surface area (Å²) in [5, 5.41) is -0.434. The van der Waals surface area contributed by atoms with Crippen molar-refractivity contribution in [2.45, 2.75) is 98.6 Å². The Morgan fingerprint density at radius 3 is 0.770 bits per heavy atom. The summed E-state index contributed by atoms with van der Waals surface area (Å²) in [7, 11) is -20.1. The summed E-state index contributed by atoms with van der Waals surface area (Å²) in [6.45, 7) is 15.3. The van der Waals surface area contributed by atoms with Crippen molar-refractivity contribution in [3.05, 3.63) is 299 Å². The van der Waals surface area contributed by atoms with E-state index >= 15 is 19.2 Å². The van der Waals surface area contributed by atoms with Crippen LogP contribution in [0.5, 0.6) is 46.0 Å². The highest BCUT2D eigenvalue weighted by Gasteiger charge is 2.45. The number of amides is 4. The molecule has 15 aromatic carbocycles. The third kappa shape index (κ3) is 14.5. The first-order valence-corrected chi connectivity index (χ1v) is 44.6. The van der Waals surface area contributed by atoms with Crippen molar-refractivity contribution >= 4 is 119 Å². The van der Waals surface area contributed by atoms with Crippen molar-refractivity contribution < 1.29 is 90.0 Å². The number of nitrogens with zero attached hydrogens (tertiary/aromatic N) is 2. The van der Waals surface area contributed by atoms with Crippen molar-refractivity contribution in [3.63, 3.8) is 0 Å². The van der Waals surface area contributed by atoms with Crippen LogP contribution in [0.1, 0.15) is 143 Å². The maximum Gasteiger partial charge on any atom is 0.294 e. The van der Waals surface area contributed by atoms with Crippen molar-refractivity contribution in [1.29, 1.82) is 0 Å². The molecule has 0 aromatic heterocycles. The fourth-order valence-electron chi connectivity index (χ4n) is 16.6. The molecule has 2 heterocycles. The van der Waals surface area contributed by atoms with Crippen LogP contribution < -0.4 is 28.7 Å². The van der Waals surface area contributed by atoms with Gasteiger partial charge in [-0.1, -0.05) is 201 Å². The molecule has 0 saturated heterocycles. The zero-order valence-electron chi connectivity index (χ0n) is 66.4. The molecule has 4 amide bonds. The standard InChI is InChI=1S/C96H74N2O20S4/c1-51(2)71-27-17-28-72(52(3)4)91(71)97-93(99)75-47-79(115-63-25-15-23-59(39-63)55-19-11-9-12-20-55)85-86-80(116-64-26-16-24-60(40-64)56-21-13-10-14-22-56)48-76-84-78(96(102)98(94(76)100)92-73(53(5)6)29-18-30-74(92)54(7)8)50-82(118-66-42-62(44-70(46-66)122(112,113)114)58-33-37-68(38-34-58)120(106,107)108)88(90(84)86)87-81(49-77(95(97)101)83(75)89(85)87)117-65-41-61(43-69(45-65)121(109,110)111)57-31-35-67(36-32-57)119(103,104)105/h9-54H,1-8H3,(H,103,104,105)(H,106,107,108)(H,109,110,111)(H,112,113,114). The van der Waals surface area contributed by atoms with Crippen molar-refractivity contribution in [2.75, 3.05) is 9.80 Å². The van der Waals surface area contributed by atoms with E-state index in [4.69, 9.17) is 18.9 Å². The van der Waals surface area contributed by atoms with E-state index in [2.05, 4.69) is 0 Å². The minimum absolute atomic E-state index is 0.0244. The number of anilines is 2. The van der Waals surface area contributed by atoms with E-state index < -0.39 is 95.2 Å². The Bertz CT molecular complexity index is 6970. The van der Waals surface area contributed by atoms with Gasteiger partial charge in [-0.2, -0.15) is 33.7 Å². The highest BCUT2D eigenvalue weighted by molar-refractivity contribution is 7.86. The number of hydrogen-bond donors (Lipinski definition) is 4. The quantitative estimate of drug-likeness (QED) is 0.0212. The second-order valence-corrected chi connectivity index (χ2v) is 37.0. The Balaban J connectivity index is 1.10. The topological polar surface area (TPSA) is 329 Å². The number of hydrogen-bond acceptors (Lipinski definition) is 16. The highest BCUT2D eigenvalue weighted by atomic mass is 32.2. The summed E-state index contributed by atoms with van der Waals surface area (Å²) in [5.41, 5.74) is 5.40. The second kappa shape index (κ2) is 30.5. The summed E-state index contributed by atoms with van der Waals surface area (Å²) < 4.78 is 178. The molecule has 15 aromatic rings. The van der Waals surface area contributed by atoms with Crippen LogP contribution >= 0.6 is 0 Å². The fourth-order valence-corrected chi connectivity index (χ4v) is 18.6. The highest BCUT2D eigenvalue weighted by Crippen LogP contribution is 2.60. The SMILES string of the molecule is CC(C)c1cccc(C(C)C)c1N1C(=O)c2cc(Oc3cccc(-c4ccccc4)c3)c3c4c(Oc5cccc(-c6ccccc6)c5)cc5c6c(cc(Oc7cc(-c8ccc(S(=O)(=O)O)cc8)cc(S(=O)(=O)O)c7)c(c7c(Oc8cc(-c9ccc(S(=O)(=O)O)cc9)cc(S(=O)(=O)O)c8)cc(c2c37)C1=O)c64)C(=O)N(c1c(C(C)C)cccc1C(C)C)C5=O. The number of imide groups is 2. The van der Waals surface area contributed by atoms with Gasteiger partial charge in [0, 0.05) is 55.2 Å². The van der Waals surface area contributed by atoms with Crippen molar-refractivity contribution in [1.82, 2.24) is 0 Å². The zero-order chi connectivity index (χ0) is 86.2. The smallest absolute Gasteiger partial charge is 0.294 e. The molecule has 0 fully saturated rings. The van der Waals surface area contributed by atoms with Gasteiger partial charge in [0.15, 0.2) is 0 Å². The number of carbonyl (C=O) groups is 4. The van der Waals surface area contributed by atoms with E-state index in [1.165, 1.54) is 60.7 Å². The molecule has 0 bridgehead atoms. The maximum absolute atomic E-state index is 17.0. The average Bonchev–Trinajstić information content (AvgIpc) is 0.668. The zero-order valence-corrected chi connectivity index (χ0v) is 69.7. The number of para-hydroxylation sites is 2. The summed E-state index contributed by atoms with van der Waals surface area (Å²) in [4.78, 5) is 67.5. The average molecular weight is 1700 g/mol. The molecule has 2 aliphatic heterocycles. The predicted molar refractivity (Wildman–Crippen MR) is 466 cm³/mol. The Morgan fingerprint density at radius 1 is 0.238 bits per heavy atom. The Hall–Kier alpha value is -13.3. The Morgan fingerprint density at radius 2 is 0.492 bits per heavy atom. The fraction of sp³-hybridized carbons (Fsp3) is 0.125. The van der Waals surface area contributed by atoms with Crippen LogP contribution in [-0.2, 0) is 40.5 Å². The molecule has 26 heteroatoms. The monoisotopic (exact) mass is 1700 g/mol. The maximum atomic E-state index is 17.0. The molecule has 0 aliphatic carbocycles. The van der Waals surface area contributed by atoms with E-state index in [0.29, 0.717) is 33.4 Å². The van der Waals surface area contributed by atoms with Gasteiger partial charge in [-0.15, -0.1) is 0 Å². The van der Waals surface area contributed by atoms with Crippen LogP contribution in [0.3, 0.4) is 0 Å². The first-order chi connectivity index (χ1) is 58.0. The van der Waals surface area contributed by atoms with Gasteiger partial charge in [0.2, 0.25) is 0 Å². The van der Waals surface area contributed by atoms with E-state index in [-0.39, 0.29) is 157 Å². The normalized spacial score (nSPS) is 13.3. The number of carbonyl (C=O) groups excluding carboxylic acids is 4. The van der Waals surface area contributed by atoms with E-state index in [1.807, 2.05) is 165 Å². The summed E-state index contributed by atoms with van der Waals surface area (Å²) >= 11 is 0. The molecule has 0 saturated carbocycles. The van der Waals surface area contributed by atoms with Gasteiger partial charge in [-0.3, -0.25) is 37.4 Å². The number of benzene rings is 15. The van der Waals surface area contributed by atoms with E-state index in [9.17, 15) is 51.9 Å². The summed E-state index contributed by atoms with van der Waals surface area (Å²) in [6, 6.07) is 65.8. The largest absolute Gasteiger partial charge is 0.457 e. The summed E-state index contributed by atoms with van der Waals surface area (Å²) in [5.74, 6) is -6.14. The lowest BCUT2D eigenvalue weighted by molar-refractivity contribution is 0.0877. The number of rotatable bonds is 22. The van der Waals surface area contributed by atoms with Gasteiger partial charge < -0.3 is 18.9 Å². The van der Waals surface area contributed by atoms with Gasteiger partial charge in [-0.05, 0) is 187 Å². The molecule has 0 unspecified atom stereocenters. The van der Waals surface area contributed by atoms with Gasteiger partial charge in [0.05, 0.1) is 53.2 Å². The molecule has 17 rings (SSSR count). The predicted octanol–water partition coefficient (Wildman–Crippen LogP) is 22.7. The van der Waals surface area contributed by atoms with Gasteiger partial charge in [-0.25, -0.2) is 9.80 Å². The molecular weight excluding hydrogens is 1630 g/mol. The van der Waals surface area contributed by atoms with Crippen LogP contribution in [0.25, 0.3) is 87.6 Å². The molecule has 612 valence electrons. The van der Waals surface area contributed by atoms with Crippen LogP contribution in [0, 0.1) is 0 Å². The Labute approximate surface area is 702 Å². The molecule has 22 nitrogen and oxygen atoms in total. The minimum atomic E-state index is -5.26. The van der Waals surface area contributed by atoms with Crippen molar-refractivity contribution in [3.8, 4) is 90.5 Å². The lowest BCUT2D eigenvalue weighted by Crippen LogP contribution is -2.42. The lowest BCUT2D eigenvalue weighted by Gasteiger charge is -2.35. The van der Waals surface area contributed by atoms with Crippen LogP contribution in [0.2, 0.25) is 0 Å². The third-order valence-corrected chi connectivity index (χ3v) is 25.5. The molecule has 4 N–H and O–H groups in total. The minimum Gasteiger partial charge on any atom is -0.457 e. The van der Waals surface area contributed by atoms with Crippen LogP contribution in [-0.4, -0.2) is 75.5 Å². The third-order valence-electron chi connectivity index (χ3n) is 22.2. The summed E-state index contributed by atoms with van der Waals surface area (Å²) in [6.07, 6.45) is 0. The second-order valence-electron chi connectivity index (χ2n) is 31.3. The van der Waals surface area contributed by atoms with Gasteiger partial charge >= 0.3 is 0 Å². The Kier molecular flexibility index (Phi) is 20.2. The van der Waals surface area contributed by atoms with Gasteiger partial charge in [0.1, 0.15) is 46.0 Å². The van der Waals surface area contributed by atoms with Crippen molar-refractivity contribution in [2.24, 2.45) is 0 Å². The molecule has 0 spiro atoms. The van der Waals surface area contributed by atoms with E-state index in [1.54, 1.807) is 36.4 Å². The number of ether oxygens (including phenoxy) is 4. The first kappa shape index (κ1) is 81.1. The molecule has 2 aliphatic rings. The molecule has 122 heavy (non-hydrogen) atoms. The number of fused-ring (bicyclic) bond motifs is 2. The first-order valence-electron chi connectivity index (χ1n) is 38.8. The lowest BCUT2D eigenvalue weighted by atomic mass is 9.80. The van der Waals surface area contributed by atoms with Crippen LogP contribution in [0.4, 0.5) is 11.4 Å². The molecule has 0 atom stereocenters. The van der Waals surface area contributed by atoms with Crippen LogP contribution in [0.15, 0.2) is 274 Å². The molecular formula is C96H74N2O20S4. The van der Waals surface area contributed by atoms with Gasteiger partial charge in [0.25, 0.3) is 64.1 Å². The molecule has 0 radical (unpaired) electrons.